The average Bonchev–Trinajstić information content (AvgIpc) is 3.87. The summed E-state index contributed by atoms with van der Waals surface area (Å²) in [6.07, 6.45) is 0. The highest BCUT2D eigenvalue weighted by molar-refractivity contribution is 6.19. The molecule has 0 atom stereocenters. The third-order valence-corrected chi connectivity index (χ3v) is 13.8. The molecule has 0 fully saturated rings. The van der Waals surface area contributed by atoms with Gasteiger partial charge in [0.25, 0.3) is 0 Å². The first-order valence-corrected chi connectivity index (χ1v) is 22.5. The van der Waals surface area contributed by atoms with Gasteiger partial charge in [-0.3, -0.25) is 0 Å². The fraction of sp³-hybridized carbons (Fsp3) is 0.0159. The van der Waals surface area contributed by atoms with E-state index in [-0.39, 0.29) is 0 Å². The van der Waals surface area contributed by atoms with Crippen LogP contribution in [-0.4, -0.2) is 4.57 Å². The van der Waals surface area contributed by atoms with E-state index in [9.17, 15) is 0 Å². The van der Waals surface area contributed by atoms with Crippen LogP contribution in [-0.2, 0) is 5.41 Å². The van der Waals surface area contributed by atoms with Gasteiger partial charge in [0.15, 0.2) is 0 Å². The molecule has 11 aromatic carbocycles. The number of aromatic nitrogens is 1. The van der Waals surface area contributed by atoms with Crippen LogP contribution in [0, 0.1) is 0 Å². The lowest BCUT2D eigenvalue weighted by Crippen LogP contribution is -2.28. The molecule has 0 saturated heterocycles. The van der Waals surface area contributed by atoms with Crippen molar-refractivity contribution in [1.82, 2.24) is 4.57 Å². The summed E-state index contributed by atoms with van der Waals surface area (Å²) in [4.78, 5) is 2.44. The standard InChI is InChI=1S/C63H42N2/c1-5-20-48(21-6-1)63(49-22-7-2-8-23-49)59-40-47(46-30-29-43-17-13-14-19-45(43)39-46)32-35-55(59)56-37-33-52(41-60(56)63)64(50-24-9-3-10-25-50)53-34-38-57-58-36-31-44-18-15-16-28-54(44)62(58)65(61(57)42-53)51-26-11-4-12-27-51/h1-42H. The quantitative estimate of drug-likeness (QED) is 0.155. The molecule has 0 radical (unpaired) electrons. The van der Waals surface area contributed by atoms with E-state index in [1.54, 1.807) is 0 Å². The van der Waals surface area contributed by atoms with Crippen LogP contribution in [0.5, 0.6) is 0 Å². The number of hydrogen-bond acceptors (Lipinski definition) is 1. The van der Waals surface area contributed by atoms with E-state index in [4.69, 9.17) is 0 Å². The second-order valence-electron chi connectivity index (χ2n) is 17.3. The minimum Gasteiger partial charge on any atom is -0.310 e. The van der Waals surface area contributed by atoms with Gasteiger partial charge in [0.05, 0.1) is 16.4 Å². The molecule has 1 aromatic heterocycles. The smallest absolute Gasteiger partial charge is 0.0714 e. The topological polar surface area (TPSA) is 8.17 Å². The number of anilines is 3. The van der Waals surface area contributed by atoms with Crippen LogP contribution in [0.25, 0.3) is 71.3 Å². The van der Waals surface area contributed by atoms with E-state index in [1.165, 1.54) is 87.9 Å². The minimum atomic E-state index is -0.594. The van der Waals surface area contributed by atoms with Crippen LogP contribution < -0.4 is 4.90 Å². The molecular formula is C63H42N2. The van der Waals surface area contributed by atoms with Crippen molar-refractivity contribution in [3.63, 3.8) is 0 Å². The third kappa shape index (κ3) is 5.74. The van der Waals surface area contributed by atoms with Gasteiger partial charge in [-0.1, -0.05) is 194 Å². The van der Waals surface area contributed by atoms with E-state index >= 15 is 0 Å². The minimum absolute atomic E-state index is 0.594. The summed E-state index contributed by atoms with van der Waals surface area (Å²) >= 11 is 0. The Morgan fingerprint density at radius 1 is 0.323 bits per heavy atom. The molecule has 0 spiro atoms. The molecule has 0 saturated carbocycles. The Morgan fingerprint density at radius 2 is 0.846 bits per heavy atom. The molecule has 0 aliphatic heterocycles. The SMILES string of the molecule is c1ccc(N(c2ccc3c(c2)C(c2ccccc2)(c2ccccc2)c2cc(-c4ccc5ccccc5c4)ccc2-3)c2ccc3c4ccc5ccccc5c4n(-c4ccccc4)c3c2)cc1. The van der Waals surface area contributed by atoms with Crippen LogP contribution in [0.3, 0.4) is 0 Å². The zero-order chi connectivity index (χ0) is 42.9. The van der Waals surface area contributed by atoms with Crippen LogP contribution >= 0.6 is 0 Å². The maximum Gasteiger partial charge on any atom is 0.0714 e. The molecule has 2 nitrogen and oxygen atoms in total. The van der Waals surface area contributed by atoms with E-state index in [0.717, 1.165) is 22.7 Å². The van der Waals surface area contributed by atoms with E-state index in [2.05, 4.69) is 264 Å². The zero-order valence-corrected chi connectivity index (χ0v) is 35.6. The van der Waals surface area contributed by atoms with Crippen molar-refractivity contribution in [2.75, 3.05) is 4.90 Å². The first kappa shape index (κ1) is 37.1. The Kier molecular flexibility index (Phi) is 8.47. The molecule has 304 valence electrons. The Balaban J connectivity index is 1.06. The Hall–Kier alpha value is -8.46. The van der Waals surface area contributed by atoms with Gasteiger partial charge in [-0.25, -0.2) is 0 Å². The number of nitrogens with zero attached hydrogens (tertiary/aromatic N) is 2. The van der Waals surface area contributed by atoms with Gasteiger partial charge in [0.2, 0.25) is 0 Å². The maximum atomic E-state index is 2.47. The van der Waals surface area contributed by atoms with Crippen LogP contribution in [0.2, 0.25) is 0 Å². The first-order valence-electron chi connectivity index (χ1n) is 22.5. The predicted molar refractivity (Wildman–Crippen MR) is 273 cm³/mol. The number of hydrogen-bond donors (Lipinski definition) is 0. The van der Waals surface area contributed by atoms with Gasteiger partial charge in [-0.2, -0.15) is 0 Å². The first-order chi connectivity index (χ1) is 32.2. The summed E-state index contributed by atoms with van der Waals surface area (Å²) in [5.74, 6) is 0. The molecule has 12 aromatic rings. The van der Waals surface area contributed by atoms with Gasteiger partial charge in [0, 0.05) is 38.9 Å². The number of fused-ring (bicyclic) bond motifs is 9. The highest BCUT2D eigenvalue weighted by atomic mass is 15.1. The maximum absolute atomic E-state index is 2.47. The summed E-state index contributed by atoms with van der Waals surface area (Å²) < 4.78 is 2.46. The molecule has 1 aliphatic carbocycles. The molecular weight excluding hydrogens is 785 g/mol. The van der Waals surface area contributed by atoms with Crippen molar-refractivity contribution in [1.29, 1.82) is 0 Å². The Morgan fingerprint density at radius 3 is 1.58 bits per heavy atom. The van der Waals surface area contributed by atoms with Crippen molar-refractivity contribution in [2.24, 2.45) is 0 Å². The number of benzene rings is 11. The van der Waals surface area contributed by atoms with Gasteiger partial charge in [-0.05, 0) is 121 Å². The molecule has 65 heavy (non-hydrogen) atoms. The highest BCUT2D eigenvalue weighted by Gasteiger charge is 2.46. The molecule has 0 N–H and O–H groups in total. The van der Waals surface area contributed by atoms with Crippen molar-refractivity contribution in [2.45, 2.75) is 5.41 Å². The highest BCUT2D eigenvalue weighted by Crippen LogP contribution is 2.58. The van der Waals surface area contributed by atoms with E-state index < -0.39 is 5.41 Å². The summed E-state index contributed by atoms with van der Waals surface area (Å²) in [6.45, 7) is 0. The van der Waals surface area contributed by atoms with E-state index in [0.29, 0.717) is 0 Å². The fourth-order valence-electron chi connectivity index (χ4n) is 10.9. The summed E-state index contributed by atoms with van der Waals surface area (Å²) in [6, 6.07) is 94.1. The molecule has 1 heterocycles. The largest absolute Gasteiger partial charge is 0.310 e. The van der Waals surface area contributed by atoms with Crippen molar-refractivity contribution in [3.05, 3.63) is 277 Å². The summed E-state index contributed by atoms with van der Waals surface area (Å²) in [5.41, 5.74) is 16.2. The van der Waals surface area contributed by atoms with Gasteiger partial charge in [0.1, 0.15) is 0 Å². The molecule has 2 heteroatoms. The Bertz CT molecular complexity index is 3720. The second-order valence-corrected chi connectivity index (χ2v) is 17.3. The number of rotatable bonds is 7. The van der Waals surface area contributed by atoms with Gasteiger partial charge in [-0.15, -0.1) is 0 Å². The zero-order valence-electron chi connectivity index (χ0n) is 35.6. The summed E-state index contributed by atoms with van der Waals surface area (Å²) in [5, 5.41) is 7.44. The molecule has 0 bridgehead atoms. The lowest BCUT2D eigenvalue weighted by molar-refractivity contribution is 0.768. The molecule has 13 rings (SSSR count). The lowest BCUT2D eigenvalue weighted by Gasteiger charge is -2.35. The van der Waals surface area contributed by atoms with Crippen molar-refractivity contribution >= 4 is 60.4 Å². The van der Waals surface area contributed by atoms with Crippen LogP contribution in [0.4, 0.5) is 17.1 Å². The predicted octanol–water partition coefficient (Wildman–Crippen LogP) is 16.6. The van der Waals surface area contributed by atoms with Crippen molar-refractivity contribution < 1.29 is 0 Å². The number of para-hydroxylation sites is 2. The van der Waals surface area contributed by atoms with Gasteiger partial charge >= 0.3 is 0 Å². The average molecular weight is 827 g/mol. The van der Waals surface area contributed by atoms with E-state index in [1.807, 2.05) is 0 Å². The van der Waals surface area contributed by atoms with Crippen LogP contribution in [0.1, 0.15) is 22.3 Å². The Labute approximate surface area is 378 Å². The summed E-state index contributed by atoms with van der Waals surface area (Å²) in [7, 11) is 0. The normalized spacial score (nSPS) is 12.7. The lowest BCUT2D eigenvalue weighted by atomic mass is 9.67. The van der Waals surface area contributed by atoms with Crippen LogP contribution in [0.15, 0.2) is 255 Å². The molecule has 0 unspecified atom stereocenters. The third-order valence-electron chi connectivity index (χ3n) is 13.8. The molecule has 1 aliphatic rings. The van der Waals surface area contributed by atoms with Crippen molar-refractivity contribution in [3.8, 4) is 27.9 Å². The second kappa shape index (κ2) is 14.8. The molecule has 0 amide bonds. The van der Waals surface area contributed by atoms with Gasteiger partial charge < -0.3 is 9.47 Å². The fourth-order valence-corrected chi connectivity index (χ4v) is 10.9. The monoisotopic (exact) mass is 826 g/mol.